The Hall–Kier alpha value is -2.25. The zero-order valence-corrected chi connectivity index (χ0v) is 18.9. The summed E-state index contributed by atoms with van der Waals surface area (Å²) in [6.07, 6.45) is 9.57. The number of amides is 1. The Balaban J connectivity index is 1.37. The molecule has 1 saturated heterocycles. The van der Waals surface area contributed by atoms with E-state index >= 15 is 0 Å². The van der Waals surface area contributed by atoms with Gasteiger partial charge in [-0.1, -0.05) is 12.2 Å². The number of aryl methyl sites for hydroxylation is 1. The number of aromatic amines is 1. The van der Waals surface area contributed by atoms with Crippen LogP contribution in [0.5, 0.6) is 0 Å². The van der Waals surface area contributed by atoms with E-state index in [9.17, 15) is 9.59 Å². The number of rotatable bonds is 4. The van der Waals surface area contributed by atoms with E-state index in [0.29, 0.717) is 12.4 Å². The maximum absolute atomic E-state index is 13.2. The molecule has 7 heteroatoms. The van der Waals surface area contributed by atoms with Crippen LogP contribution >= 0.6 is 11.3 Å². The van der Waals surface area contributed by atoms with Gasteiger partial charge in [0, 0.05) is 42.5 Å². The van der Waals surface area contributed by atoms with Crippen LogP contribution in [0.2, 0.25) is 0 Å². The fourth-order valence-corrected chi connectivity index (χ4v) is 6.09. The summed E-state index contributed by atoms with van der Waals surface area (Å²) in [4.78, 5) is 39.8. The average Bonchev–Trinajstić information content (AvgIpc) is 3.43. The Bertz CT molecular complexity index is 1060. The topological polar surface area (TPSA) is 69.3 Å². The molecule has 1 fully saturated rings. The molecule has 1 N–H and O–H groups in total. The monoisotopic (exact) mass is 438 g/mol. The zero-order chi connectivity index (χ0) is 21.4. The lowest BCUT2D eigenvalue weighted by molar-refractivity contribution is -0.136. The number of aromatic nitrogens is 2. The molecular weight excluding hydrogens is 408 g/mol. The fourth-order valence-electron chi connectivity index (χ4n) is 5.14. The van der Waals surface area contributed by atoms with Gasteiger partial charge in [-0.15, -0.1) is 11.3 Å². The molecule has 1 aliphatic carbocycles. The molecule has 5 rings (SSSR count). The lowest BCUT2D eigenvalue weighted by Gasteiger charge is -2.31. The highest BCUT2D eigenvalue weighted by Gasteiger charge is 2.36. The summed E-state index contributed by atoms with van der Waals surface area (Å²) in [7, 11) is 0. The molecule has 3 aliphatic rings. The highest BCUT2D eigenvalue weighted by atomic mass is 32.1. The molecule has 2 atom stereocenters. The van der Waals surface area contributed by atoms with Crippen molar-refractivity contribution in [3.05, 3.63) is 61.5 Å². The number of nitrogens with one attached hydrogen (secondary N) is 1. The SMILES string of the molecule is Cc1ccsc1CN1CCc2c(nc([C@H]3CCCN3C(=O)[C@H]3CC=CCC3)[nH]c2=O)C1. The van der Waals surface area contributed by atoms with Crippen molar-refractivity contribution in [2.24, 2.45) is 5.92 Å². The molecular formula is C24H30N4O2S. The van der Waals surface area contributed by atoms with Gasteiger partial charge in [0.05, 0.1) is 11.7 Å². The minimum atomic E-state index is -0.105. The summed E-state index contributed by atoms with van der Waals surface area (Å²) in [6.45, 7) is 5.37. The molecule has 4 heterocycles. The quantitative estimate of drug-likeness (QED) is 0.739. The van der Waals surface area contributed by atoms with Crippen molar-refractivity contribution >= 4 is 17.2 Å². The Morgan fingerprint density at radius 3 is 2.97 bits per heavy atom. The number of hydrogen-bond donors (Lipinski definition) is 1. The number of allylic oxidation sites excluding steroid dienone is 2. The van der Waals surface area contributed by atoms with Crippen molar-refractivity contribution in [1.29, 1.82) is 0 Å². The van der Waals surface area contributed by atoms with Crippen LogP contribution in [-0.4, -0.2) is 38.8 Å². The number of fused-ring (bicyclic) bond motifs is 1. The van der Waals surface area contributed by atoms with Crippen LogP contribution in [0.4, 0.5) is 0 Å². The van der Waals surface area contributed by atoms with Gasteiger partial charge >= 0.3 is 0 Å². The largest absolute Gasteiger partial charge is 0.332 e. The van der Waals surface area contributed by atoms with Gasteiger partial charge in [0.1, 0.15) is 5.82 Å². The van der Waals surface area contributed by atoms with Crippen molar-refractivity contribution in [3.8, 4) is 0 Å². The number of carbonyl (C=O) groups excluding carboxylic acids is 1. The summed E-state index contributed by atoms with van der Waals surface area (Å²) in [6, 6.07) is 2.05. The van der Waals surface area contributed by atoms with E-state index in [1.807, 2.05) is 4.90 Å². The molecule has 31 heavy (non-hydrogen) atoms. The second-order valence-electron chi connectivity index (χ2n) is 9.03. The maximum Gasteiger partial charge on any atom is 0.254 e. The van der Waals surface area contributed by atoms with Gasteiger partial charge in [-0.3, -0.25) is 14.5 Å². The van der Waals surface area contributed by atoms with Gasteiger partial charge < -0.3 is 9.88 Å². The highest BCUT2D eigenvalue weighted by Crippen LogP contribution is 2.33. The third-order valence-corrected chi connectivity index (χ3v) is 7.98. The molecule has 2 aliphatic heterocycles. The third-order valence-electron chi connectivity index (χ3n) is 6.98. The molecule has 164 valence electrons. The van der Waals surface area contributed by atoms with Crippen molar-refractivity contribution in [1.82, 2.24) is 19.8 Å². The third kappa shape index (κ3) is 4.13. The van der Waals surface area contributed by atoms with Crippen LogP contribution in [0.25, 0.3) is 0 Å². The van der Waals surface area contributed by atoms with E-state index in [2.05, 4.69) is 40.4 Å². The maximum atomic E-state index is 13.2. The molecule has 0 bridgehead atoms. The van der Waals surface area contributed by atoms with E-state index in [1.54, 1.807) is 11.3 Å². The smallest absolute Gasteiger partial charge is 0.254 e. The van der Waals surface area contributed by atoms with Crippen LogP contribution in [0.15, 0.2) is 28.4 Å². The standard InChI is InChI=1S/C24H30N4O2S/c1-16-10-13-31-21(16)15-27-12-9-18-19(14-27)25-22(26-23(18)29)20-8-5-11-28(20)24(30)17-6-3-2-4-7-17/h2-3,10,13,17,20H,4-9,11-12,14-15H2,1H3,(H,25,26,29)/t17-,20+/m0/s1. The summed E-state index contributed by atoms with van der Waals surface area (Å²) in [5.41, 5.74) is 3.01. The summed E-state index contributed by atoms with van der Waals surface area (Å²) in [5, 5.41) is 2.14. The Labute approximate surface area is 187 Å². The normalized spacial score (nSPS) is 23.8. The molecule has 0 spiro atoms. The van der Waals surface area contributed by atoms with E-state index in [0.717, 1.165) is 69.4 Å². The summed E-state index contributed by atoms with van der Waals surface area (Å²) >= 11 is 1.79. The van der Waals surface area contributed by atoms with Crippen molar-refractivity contribution < 1.29 is 4.79 Å². The number of H-pyrrole nitrogens is 1. The first-order valence-electron chi connectivity index (χ1n) is 11.4. The average molecular weight is 439 g/mol. The highest BCUT2D eigenvalue weighted by molar-refractivity contribution is 7.10. The van der Waals surface area contributed by atoms with Gasteiger partial charge in [0.15, 0.2) is 0 Å². The van der Waals surface area contributed by atoms with Crippen LogP contribution < -0.4 is 5.56 Å². The molecule has 0 unspecified atom stereocenters. The summed E-state index contributed by atoms with van der Waals surface area (Å²) in [5.74, 6) is 0.969. The second-order valence-corrected chi connectivity index (χ2v) is 10.0. The molecule has 2 aromatic heterocycles. The molecule has 0 saturated carbocycles. The van der Waals surface area contributed by atoms with E-state index in [4.69, 9.17) is 4.98 Å². The van der Waals surface area contributed by atoms with Gasteiger partial charge in [-0.25, -0.2) is 4.98 Å². The van der Waals surface area contributed by atoms with E-state index in [-0.39, 0.29) is 23.4 Å². The van der Waals surface area contributed by atoms with Crippen LogP contribution in [0.1, 0.15) is 65.7 Å². The second kappa shape index (κ2) is 8.71. The fraction of sp³-hybridized carbons (Fsp3) is 0.542. The minimum absolute atomic E-state index is 0.0214. The van der Waals surface area contributed by atoms with Gasteiger partial charge in [0.2, 0.25) is 5.91 Å². The first kappa shape index (κ1) is 20.6. The predicted octanol–water partition coefficient (Wildman–Crippen LogP) is 3.72. The van der Waals surface area contributed by atoms with Crippen LogP contribution in [0.3, 0.4) is 0 Å². The van der Waals surface area contributed by atoms with Crippen molar-refractivity contribution in [2.45, 2.75) is 64.6 Å². The zero-order valence-electron chi connectivity index (χ0n) is 18.1. The molecule has 2 aromatic rings. The number of thiophene rings is 1. The Morgan fingerprint density at radius 2 is 2.19 bits per heavy atom. The lowest BCUT2D eigenvalue weighted by atomic mass is 9.93. The Morgan fingerprint density at radius 1 is 1.29 bits per heavy atom. The molecule has 6 nitrogen and oxygen atoms in total. The molecule has 1 amide bonds. The van der Waals surface area contributed by atoms with Gasteiger partial charge in [-0.05, 0) is 62.5 Å². The molecule has 0 radical (unpaired) electrons. The minimum Gasteiger partial charge on any atom is -0.332 e. The number of likely N-dealkylation sites (tertiary alicyclic amines) is 1. The first-order valence-corrected chi connectivity index (χ1v) is 12.3. The van der Waals surface area contributed by atoms with Crippen molar-refractivity contribution in [3.63, 3.8) is 0 Å². The van der Waals surface area contributed by atoms with Gasteiger partial charge in [0.25, 0.3) is 5.56 Å². The van der Waals surface area contributed by atoms with Crippen molar-refractivity contribution in [2.75, 3.05) is 13.1 Å². The van der Waals surface area contributed by atoms with Crippen LogP contribution in [-0.2, 0) is 24.3 Å². The lowest BCUT2D eigenvalue weighted by Crippen LogP contribution is -2.39. The first-order chi connectivity index (χ1) is 15.1. The molecule has 0 aromatic carbocycles. The van der Waals surface area contributed by atoms with E-state index in [1.165, 1.54) is 10.4 Å². The van der Waals surface area contributed by atoms with E-state index < -0.39 is 0 Å². The number of hydrogen-bond acceptors (Lipinski definition) is 5. The number of nitrogens with zero attached hydrogens (tertiary/aromatic N) is 3. The summed E-state index contributed by atoms with van der Waals surface area (Å²) < 4.78 is 0. The Kier molecular flexibility index (Phi) is 5.80. The number of carbonyl (C=O) groups is 1. The predicted molar refractivity (Wildman–Crippen MR) is 122 cm³/mol. The van der Waals surface area contributed by atoms with Gasteiger partial charge in [-0.2, -0.15) is 0 Å². The van der Waals surface area contributed by atoms with Crippen LogP contribution in [0, 0.1) is 12.8 Å².